The number of benzene rings is 7. The summed E-state index contributed by atoms with van der Waals surface area (Å²) in [6, 6.07) is 55.2. The van der Waals surface area contributed by atoms with E-state index in [4.69, 9.17) is 19.4 Å². The van der Waals surface area contributed by atoms with Crippen molar-refractivity contribution in [1.82, 2.24) is 19.5 Å². The quantitative estimate of drug-likeness (QED) is 0.186. The van der Waals surface area contributed by atoms with Crippen LogP contribution in [0.2, 0.25) is 0 Å². The maximum Gasteiger partial charge on any atom is 0.167 e. The van der Waals surface area contributed by atoms with Crippen LogP contribution in [0.1, 0.15) is 25.0 Å². The third-order valence-electron chi connectivity index (χ3n) is 11.0. The smallest absolute Gasteiger partial charge is 0.167 e. The average Bonchev–Trinajstić information content (AvgIpc) is 3.83. The third kappa shape index (κ3) is 4.34. The summed E-state index contributed by atoms with van der Waals surface area (Å²) in [5.41, 5.74) is 13.0. The predicted octanol–water partition coefficient (Wildman–Crippen LogP) is 12.2. The van der Waals surface area contributed by atoms with Gasteiger partial charge in [0.15, 0.2) is 17.5 Å². The molecule has 0 saturated heterocycles. The van der Waals surface area contributed by atoms with Gasteiger partial charge in [-0.1, -0.05) is 141 Å². The molecule has 250 valence electrons. The first kappa shape index (κ1) is 29.8. The van der Waals surface area contributed by atoms with Crippen molar-refractivity contribution in [3.63, 3.8) is 0 Å². The van der Waals surface area contributed by atoms with Crippen LogP contribution in [0.4, 0.5) is 0 Å². The highest BCUT2D eigenvalue weighted by molar-refractivity contribution is 6.14. The summed E-state index contributed by atoms with van der Waals surface area (Å²) >= 11 is 0. The van der Waals surface area contributed by atoms with Crippen molar-refractivity contribution in [2.75, 3.05) is 0 Å². The van der Waals surface area contributed by atoms with Crippen LogP contribution < -0.4 is 0 Å². The monoisotopic (exact) mass is 680 g/mol. The van der Waals surface area contributed by atoms with Gasteiger partial charge in [-0.2, -0.15) is 0 Å². The molecular weight excluding hydrogens is 649 g/mol. The maximum atomic E-state index is 6.72. The van der Waals surface area contributed by atoms with Crippen LogP contribution in [0.15, 0.2) is 162 Å². The molecule has 5 nitrogen and oxygen atoms in total. The van der Waals surface area contributed by atoms with Gasteiger partial charge in [0, 0.05) is 43.8 Å². The van der Waals surface area contributed by atoms with Gasteiger partial charge in [0.2, 0.25) is 0 Å². The average molecular weight is 681 g/mol. The SMILES string of the molecule is CC1(C)c2ccccc2-c2ccc3c4ccccc4n(-c4ccc5oc6c(-c7nc(-c8ccccc8)nc(-c8ccccc8)n7)cccc6c5c4)c3c21. The van der Waals surface area contributed by atoms with E-state index in [-0.39, 0.29) is 5.41 Å². The molecule has 7 aromatic carbocycles. The summed E-state index contributed by atoms with van der Waals surface area (Å²) in [4.78, 5) is 15.0. The fourth-order valence-corrected chi connectivity index (χ4v) is 8.61. The predicted molar refractivity (Wildman–Crippen MR) is 215 cm³/mol. The lowest BCUT2D eigenvalue weighted by molar-refractivity contribution is 0.663. The Morgan fingerprint density at radius 3 is 1.91 bits per heavy atom. The van der Waals surface area contributed by atoms with E-state index in [1.807, 2.05) is 66.7 Å². The minimum Gasteiger partial charge on any atom is -0.455 e. The maximum absolute atomic E-state index is 6.72. The minimum atomic E-state index is -0.166. The Labute approximate surface area is 305 Å². The molecule has 0 unspecified atom stereocenters. The van der Waals surface area contributed by atoms with Crippen LogP contribution in [-0.2, 0) is 5.41 Å². The molecule has 3 aromatic heterocycles. The van der Waals surface area contributed by atoms with Gasteiger partial charge < -0.3 is 8.98 Å². The Balaban J connectivity index is 1.14. The lowest BCUT2D eigenvalue weighted by Crippen LogP contribution is -2.16. The Hall–Kier alpha value is -6.85. The van der Waals surface area contributed by atoms with E-state index >= 15 is 0 Å². The highest BCUT2D eigenvalue weighted by Crippen LogP contribution is 2.53. The highest BCUT2D eigenvalue weighted by Gasteiger charge is 2.38. The number of aromatic nitrogens is 4. The van der Waals surface area contributed by atoms with E-state index in [1.165, 1.54) is 44.1 Å². The minimum absolute atomic E-state index is 0.166. The molecule has 0 N–H and O–H groups in total. The number of para-hydroxylation sites is 2. The Bertz CT molecular complexity index is 3020. The molecule has 11 rings (SSSR count). The highest BCUT2D eigenvalue weighted by atomic mass is 16.3. The summed E-state index contributed by atoms with van der Waals surface area (Å²) < 4.78 is 9.18. The van der Waals surface area contributed by atoms with Crippen molar-refractivity contribution in [2.45, 2.75) is 19.3 Å². The van der Waals surface area contributed by atoms with Crippen LogP contribution >= 0.6 is 0 Å². The molecule has 0 spiro atoms. The summed E-state index contributed by atoms with van der Waals surface area (Å²) in [5.74, 6) is 1.81. The Kier molecular flexibility index (Phi) is 6.23. The van der Waals surface area contributed by atoms with Crippen LogP contribution in [-0.4, -0.2) is 19.5 Å². The molecule has 3 heterocycles. The molecule has 5 heteroatoms. The first-order valence-corrected chi connectivity index (χ1v) is 18.0. The largest absolute Gasteiger partial charge is 0.455 e. The standard InChI is InChI=1S/C48H32N4O/c1-48(2)39-22-11-9-18-32(39)34-25-26-35-33-19-10-12-23-40(33)52(43(35)42(34)48)31-24-27-41-38(28-31)36-20-13-21-37(44(36)53-41)47-50-45(29-14-5-3-6-15-29)49-46(51-47)30-16-7-4-8-17-30/h3-28H,1-2H3. The number of nitrogens with zero attached hydrogens (tertiary/aromatic N) is 4. The van der Waals surface area contributed by atoms with Gasteiger partial charge in [0.05, 0.1) is 16.6 Å². The van der Waals surface area contributed by atoms with Crippen molar-refractivity contribution >= 4 is 43.7 Å². The van der Waals surface area contributed by atoms with E-state index in [0.717, 1.165) is 44.3 Å². The first-order valence-electron chi connectivity index (χ1n) is 18.0. The second kappa shape index (κ2) is 11.1. The first-order chi connectivity index (χ1) is 26.0. The van der Waals surface area contributed by atoms with Crippen LogP contribution in [0.25, 0.3) is 94.7 Å². The topological polar surface area (TPSA) is 56.7 Å². The fourth-order valence-electron chi connectivity index (χ4n) is 8.61. The second-order valence-corrected chi connectivity index (χ2v) is 14.4. The van der Waals surface area contributed by atoms with E-state index in [2.05, 4.69) is 109 Å². The Morgan fingerprint density at radius 2 is 1.13 bits per heavy atom. The molecule has 1 aliphatic rings. The van der Waals surface area contributed by atoms with E-state index < -0.39 is 0 Å². The zero-order valence-corrected chi connectivity index (χ0v) is 29.2. The van der Waals surface area contributed by atoms with Gasteiger partial charge >= 0.3 is 0 Å². The molecule has 0 atom stereocenters. The second-order valence-electron chi connectivity index (χ2n) is 14.4. The number of rotatable bonds is 4. The summed E-state index contributed by atoms with van der Waals surface area (Å²) in [6.07, 6.45) is 0. The molecule has 1 aliphatic carbocycles. The molecular formula is C48H32N4O. The van der Waals surface area contributed by atoms with Crippen molar-refractivity contribution in [3.05, 3.63) is 169 Å². The fraction of sp³-hybridized carbons (Fsp3) is 0.0625. The molecule has 0 radical (unpaired) electrons. The zero-order chi connectivity index (χ0) is 35.3. The zero-order valence-electron chi connectivity index (χ0n) is 29.2. The molecule has 10 aromatic rings. The number of hydrogen-bond acceptors (Lipinski definition) is 4. The summed E-state index contributed by atoms with van der Waals surface area (Å²) in [7, 11) is 0. The summed E-state index contributed by atoms with van der Waals surface area (Å²) in [5, 5.41) is 4.56. The van der Waals surface area contributed by atoms with Gasteiger partial charge in [-0.05, 0) is 52.6 Å². The number of fused-ring (bicyclic) bond motifs is 10. The van der Waals surface area contributed by atoms with Gasteiger partial charge in [-0.15, -0.1) is 0 Å². The lowest BCUT2D eigenvalue weighted by Gasteiger charge is -2.23. The van der Waals surface area contributed by atoms with Gasteiger partial charge in [-0.3, -0.25) is 0 Å². The van der Waals surface area contributed by atoms with E-state index in [1.54, 1.807) is 0 Å². The number of hydrogen-bond donors (Lipinski definition) is 0. The molecule has 0 bridgehead atoms. The molecule has 0 fully saturated rings. The van der Waals surface area contributed by atoms with Crippen molar-refractivity contribution < 1.29 is 4.42 Å². The van der Waals surface area contributed by atoms with E-state index in [0.29, 0.717) is 17.5 Å². The van der Waals surface area contributed by atoms with Crippen molar-refractivity contribution in [3.8, 4) is 51.0 Å². The third-order valence-corrected chi connectivity index (χ3v) is 11.0. The van der Waals surface area contributed by atoms with Crippen molar-refractivity contribution in [1.29, 1.82) is 0 Å². The Morgan fingerprint density at radius 1 is 0.491 bits per heavy atom. The van der Waals surface area contributed by atoms with Gasteiger partial charge in [0.1, 0.15) is 11.2 Å². The van der Waals surface area contributed by atoms with Gasteiger partial charge in [0.25, 0.3) is 0 Å². The normalized spacial score (nSPS) is 13.2. The van der Waals surface area contributed by atoms with Crippen molar-refractivity contribution in [2.24, 2.45) is 0 Å². The number of furan rings is 1. The van der Waals surface area contributed by atoms with Gasteiger partial charge in [-0.25, -0.2) is 15.0 Å². The van der Waals surface area contributed by atoms with E-state index in [9.17, 15) is 0 Å². The molecule has 0 amide bonds. The lowest BCUT2D eigenvalue weighted by atomic mass is 9.81. The summed E-state index contributed by atoms with van der Waals surface area (Å²) in [6.45, 7) is 4.72. The molecule has 0 aliphatic heterocycles. The van der Waals surface area contributed by atoms with Crippen LogP contribution in [0, 0.1) is 0 Å². The molecule has 0 saturated carbocycles. The van der Waals surface area contributed by atoms with Crippen LogP contribution in [0.3, 0.4) is 0 Å². The molecule has 53 heavy (non-hydrogen) atoms. The van der Waals surface area contributed by atoms with Crippen LogP contribution in [0.5, 0.6) is 0 Å².